The van der Waals surface area contributed by atoms with E-state index in [2.05, 4.69) is 11.9 Å². The SMILES string of the molecule is C=CCCCC(=O)N[C@H](C(=O)O)C(C)C. The first kappa shape index (κ1) is 13.7. The van der Waals surface area contributed by atoms with Crippen LogP contribution in [-0.2, 0) is 9.59 Å². The van der Waals surface area contributed by atoms with Crippen molar-refractivity contribution in [3.8, 4) is 0 Å². The van der Waals surface area contributed by atoms with E-state index in [9.17, 15) is 9.59 Å². The molecule has 0 bridgehead atoms. The van der Waals surface area contributed by atoms with Gasteiger partial charge in [-0.25, -0.2) is 4.79 Å². The van der Waals surface area contributed by atoms with Crippen LogP contribution in [0.3, 0.4) is 0 Å². The van der Waals surface area contributed by atoms with Crippen LogP contribution in [0.25, 0.3) is 0 Å². The molecule has 0 aliphatic carbocycles. The Morgan fingerprint density at radius 2 is 2.07 bits per heavy atom. The number of nitrogens with one attached hydrogen (secondary N) is 1. The number of aliphatic carboxylic acids is 1. The summed E-state index contributed by atoms with van der Waals surface area (Å²) in [5, 5.41) is 11.3. The van der Waals surface area contributed by atoms with Crippen molar-refractivity contribution in [1.29, 1.82) is 0 Å². The smallest absolute Gasteiger partial charge is 0.326 e. The van der Waals surface area contributed by atoms with Crippen molar-refractivity contribution in [3.05, 3.63) is 12.7 Å². The Balaban J connectivity index is 4.00. The van der Waals surface area contributed by atoms with E-state index in [1.807, 2.05) is 0 Å². The highest BCUT2D eigenvalue weighted by molar-refractivity contribution is 5.83. The van der Waals surface area contributed by atoms with Gasteiger partial charge in [0.05, 0.1) is 0 Å². The lowest BCUT2D eigenvalue weighted by Crippen LogP contribution is -2.44. The van der Waals surface area contributed by atoms with Crippen LogP contribution in [0, 0.1) is 5.92 Å². The predicted molar refractivity (Wildman–Crippen MR) is 58.5 cm³/mol. The highest BCUT2D eigenvalue weighted by atomic mass is 16.4. The van der Waals surface area contributed by atoms with Gasteiger partial charge in [0.1, 0.15) is 6.04 Å². The van der Waals surface area contributed by atoms with Crippen molar-refractivity contribution in [1.82, 2.24) is 5.32 Å². The highest BCUT2D eigenvalue weighted by Gasteiger charge is 2.22. The van der Waals surface area contributed by atoms with Gasteiger partial charge in [0.15, 0.2) is 0 Å². The van der Waals surface area contributed by atoms with E-state index in [0.717, 1.165) is 6.42 Å². The number of allylic oxidation sites excluding steroid dienone is 1. The number of carboxylic acids is 1. The van der Waals surface area contributed by atoms with E-state index in [1.54, 1.807) is 19.9 Å². The molecule has 0 radical (unpaired) electrons. The molecule has 0 saturated carbocycles. The fourth-order valence-electron chi connectivity index (χ4n) is 1.17. The maximum Gasteiger partial charge on any atom is 0.326 e. The van der Waals surface area contributed by atoms with Crippen LogP contribution < -0.4 is 5.32 Å². The van der Waals surface area contributed by atoms with Crippen LogP contribution in [0.2, 0.25) is 0 Å². The summed E-state index contributed by atoms with van der Waals surface area (Å²) in [6.45, 7) is 7.08. The summed E-state index contributed by atoms with van der Waals surface area (Å²) < 4.78 is 0. The minimum Gasteiger partial charge on any atom is -0.480 e. The Hall–Kier alpha value is -1.32. The fraction of sp³-hybridized carbons (Fsp3) is 0.636. The molecule has 0 saturated heterocycles. The molecule has 0 aliphatic heterocycles. The minimum absolute atomic E-state index is 0.106. The molecule has 0 fully saturated rings. The van der Waals surface area contributed by atoms with Crippen LogP contribution in [0.4, 0.5) is 0 Å². The number of rotatable bonds is 7. The van der Waals surface area contributed by atoms with Crippen LogP contribution in [-0.4, -0.2) is 23.0 Å². The first-order chi connectivity index (χ1) is 6.99. The average Bonchev–Trinajstić information content (AvgIpc) is 2.13. The molecule has 1 amide bonds. The summed E-state index contributed by atoms with van der Waals surface area (Å²) in [5.74, 6) is -1.30. The molecule has 15 heavy (non-hydrogen) atoms. The molecular formula is C11H19NO3. The quantitative estimate of drug-likeness (QED) is 0.498. The first-order valence-electron chi connectivity index (χ1n) is 5.12. The third-order valence-corrected chi connectivity index (χ3v) is 2.06. The van der Waals surface area contributed by atoms with Crippen molar-refractivity contribution in [3.63, 3.8) is 0 Å². The lowest BCUT2D eigenvalue weighted by molar-refractivity contribution is -0.143. The summed E-state index contributed by atoms with van der Waals surface area (Å²) >= 11 is 0. The average molecular weight is 213 g/mol. The number of hydrogen-bond acceptors (Lipinski definition) is 2. The summed E-state index contributed by atoms with van der Waals surface area (Å²) in [5.41, 5.74) is 0. The van der Waals surface area contributed by atoms with Gasteiger partial charge in [0.25, 0.3) is 0 Å². The second-order valence-electron chi connectivity index (χ2n) is 3.81. The van der Waals surface area contributed by atoms with E-state index in [1.165, 1.54) is 0 Å². The maximum absolute atomic E-state index is 11.3. The molecule has 0 heterocycles. The number of hydrogen-bond donors (Lipinski definition) is 2. The topological polar surface area (TPSA) is 66.4 Å². The number of carboxylic acid groups (broad SMARTS) is 1. The monoisotopic (exact) mass is 213 g/mol. The minimum atomic E-state index is -0.984. The lowest BCUT2D eigenvalue weighted by atomic mass is 10.0. The van der Waals surface area contributed by atoms with Crippen LogP contribution >= 0.6 is 0 Å². The molecule has 2 N–H and O–H groups in total. The van der Waals surface area contributed by atoms with Crippen molar-refractivity contribution in [2.75, 3.05) is 0 Å². The van der Waals surface area contributed by atoms with Crippen molar-refractivity contribution in [2.45, 2.75) is 39.2 Å². The zero-order chi connectivity index (χ0) is 11.8. The van der Waals surface area contributed by atoms with Crippen LogP contribution in [0.1, 0.15) is 33.1 Å². The van der Waals surface area contributed by atoms with E-state index in [-0.39, 0.29) is 11.8 Å². The summed E-state index contributed by atoms with van der Waals surface area (Å²) in [4.78, 5) is 22.1. The molecule has 0 spiro atoms. The van der Waals surface area contributed by atoms with Gasteiger partial charge in [-0.05, 0) is 18.8 Å². The van der Waals surface area contributed by atoms with Gasteiger partial charge >= 0.3 is 5.97 Å². The third-order valence-electron chi connectivity index (χ3n) is 2.06. The van der Waals surface area contributed by atoms with Gasteiger partial charge in [0.2, 0.25) is 5.91 Å². The third kappa shape index (κ3) is 5.88. The van der Waals surface area contributed by atoms with Gasteiger partial charge in [-0.1, -0.05) is 19.9 Å². The standard InChI is InChI=1S/C11H19NO3/c1-4-5-6-7-9(13)12-10(8(2)3)11(14)15/h4,8,10H,1,5-7H2,2-3H3,(H,12,13)(H,14,15)/t10-/m0/s1. The van der Waals surface area contributed by atoms with Gasteiger partial charge in [0, 0.05) is 6.42 Å². The van der Waals surface area contributed by atoms with Gasteiger partial charge in [-0.2, -0.15) is 0 Å². The van der Waals surface area contributed by atoms with E-state index >= 15 is 0 Å². The van der Waals surface area contributed by atoms with Crippen LogP contribution in [0.15, 0.2) is 12.7 Å². The van der Waals surface area contributed by atoms with Gasteiger partial charge in [-0.3, -0.25) is 4.79 Å². The highest BCUT2D eigenvalue weighted by Crippen LogP contribution is 2.03. The number of carbonyl (C=O) groups excluding carboxylic acids is 1. The number of amides is 1. The fourth-order valence-corrected chi connectivity index (χ4v) is 1.17. The maximum atomic E-state index is 11.3. The molecule has 86 valence electrons. The summed E-state index contributed by atoms with van der Waals surface area (Å²) in [6, 6.07) is -0.791. The lowest BCUT2D eigenvalue weighted by Gasteiger charge is -2.17. The Labute approximate surface area is 90.4 Å². The molecule has 0 rings (SSSR count). The second kappa shape index (κ2) is 7.04. The summed E-state index contributed by atoms with van der Waals surface area (Å²) in [7, 11) is 0. The van der Waals surface area contributed by atoms with Crippen LogP contribution in [0.5, 0.6) is 0 Å². The van der Waals surface area contributed by atoms with E-state index in [0.29, 0.717) is 12.8 Å². The first-order valence-corrected chi connectivity index (χ1v) is 5.12. The van der Waals surface area contributed by atoms with Crippen molar-refractivity contribution < 1.29 is 14.7 Å². The molecular weight excluding hydrogens is 194 g/mol. The molecule has 1 atom stereocenters. The zero-order valence-corrected chi connectivity index (χ0v) is 9.32. The normalized spacial score (nSPS) is 12.2. The Morgan fingerprint density at radius 3 is 2.47 bits per heavy atom. The Bertz CT molecular complexity index is 236. The Kier molecular flexibility index (Phi) is 6.42. The molecule has 4 nitrogen and oxygen atoms in total. The number of unbranched alkanes of at least 4 members (excludes halogenated alkanes) is 1. The zero-order valence-electron chi connectivity index (χ0n) is 9.32. The van der Waals surface area contributed by atoms with Crippen molar-refractivity contribution >= 4 is 11.9 Å². The summed E-state index contributed by atoms with van der Waals surface area (Å²) in [6.07, 6.45) is 3.57. The number of carbonyl (C=O) groups is 2. The molecule has 0 aromatic rings. The van der Waals surface area contributed by atoms with Gasteiger partial charge in [-0.15, -0.1) is 6.58 Å². The molecule has 0 unspecified atom stereocenters. The second-order valence-corrected chi connectivity index (χ2v) is 3.81. The molecule has 0 aromatic heterocycles. The van der Waals surface area contributed by atoms with Gasteiger partial charge < -0.3 is 10.4 Å². The molecule has 0 aliphatic rings. The molecule has 4 heteroatoms. The van der Waals surface area contributed by atoms with E-state index < -0.39 is 12.0 Å². The Morgan fingerprint density at radius 1 is 1.47 bits per heavy atom. The van der Waals surface area contributed by atoms with E-state index in [4.69, 9.17) is 5.11 Å². The largest absolute Gasteiger partial charge is 0.480 e. The van der Waals surface area contributed by atoms with Crippen molar-refractivity contribution in [2.24, 2.45) is 5.92 Å². The molecule has 0 aromatic carbocycles. The predicted octanol–water partition coefficient (Wildman–Crippen LogP) is 1.57.